The maximum Gasteiger partial charge on any atom is 0.411 e. The van der Waals surface area contributed by atoms with Crippen LogP contribution in [0.3, 0.4) is 0 Å². The molecular weight excluding hydrogens is 546 g/mol. The van der Waals surface area contributed by atoms with Crippen LogP contribution in [0.1, 0.15) is 45.0 Å². The lowest BCUT2D eigenvalue weighted by Crippen LogP contribution is -2.31. The highest BCUT2D eigenvalue weighted by atomic mass is 35.5. The van der Waals surface area contributed by atoms with Crippen LogP contribution in [0.25, 0.3) is 22.3 Å². The third kappa shape index (κ3) is 5.31. The van der Waals surface area contributed by atoms with E-state index in [1.807, 2.05) is 57.2 Å². The molecule has 4 aromatic rings. The number of aryl methyl sites for hydroxylation is 2. The van der Waals surface area contributed by atoms with Crippen molar-refractivity contribution in [3.8, 4) is 28.0 Å². The summed E-state index contributed by atoms with van der Waals surface area (Å²) < 4.78 is 17.1. The molecule has 1 fully saturated rings. The SMILES string of the molecule is COC(=O)c1ccc(-c2ccc(OC)c(-c3ccc(C)cc3CN3C(=O)O[C@H](c4ccc(Cl)s4)[C@@H]3C)c2)c(C)c1. The molecule has 5 rings (SSSR count). The highest BCUT2D eigenvalue weighted by Crippen LogP contribution is 2.41. The highest BCUT2D eigenvalue weighted by molar-refractivity contribution is 7.16. The third-order valence-electron chi connectivity index (χ3n) is 7.32. The highest BCUT2D eigenvalue weighted by Gasteiger charge is 2.40. The number of carbonyl (C=O) groups is 2. The number of nitrogens with zero attached hydrogens (tertiary/aromatic N) is 1. The van der Waals surface area contributed by atoms with Gasteiger partial charge in [-0.2, -0.15) is 0 Å². The molecule has 0 saturated carbocycles. The topological polar surface area (TPSA) is 65.1 Å². The zero-order chi connectivity index (χ0) is 28.6. The number of esters is 1. The summed E-state index contributed by atoms with van der Waals surface area (Å²) in [6, 6.07) is 21.4. The predicted octanol–water partition coefficient (Wildman–Crippen LogP) is 8.23. The Labute approximate surface area is 243 Å². The van der Waals surface area contributed by atoms with Gasteiger partial charge in [-0.25, -0.2) is 9.59 Å². The molecule has 0 N–H and O–H groups in total. The number of ether oxygens (including phenoxy) is 3. The molecule has 1 aliphatic heterocycles. The summed E-state index contributed by atoms with van der Waals surface area (Å²) in [5.74, 6) is 0.356. The quantitative estimate of drug-likeness (QED) is 0.208. The Morgan fingerprint density at radius 1 is 0.975 bits per heavy atom. The van der Waals surface area contributed by atoms with Gasteiger partial charge in [0.25, 0.3) is 0 Å². The number of hydrogen-bond donors (Lipinski definition) is 0. The van der Waals surface area contributed by atoms with Crippen LogP contribution in [0.15, 0.2) is 66.7 Å². The summed E-state index contributed by atoms with van der Waals surface area (Å²) in [5.41, 5.74) is 7.40. The maximum absolute atomic E-state index is 13.0. The molecule has 0 aliphatic carbocycles. The van der Waals surface area contributed by atoms with E-state index in [0.29, 0.717) is 16.4 Å². The summed E-state index contributed by atoms with van der Waals surface area (Å²) >= 11 is 7.58. The van der Waals surface area contributed by atoms with Gasteiger partial charge in [-0.3, -0.25) is 4.90 Å². The van der Waals surface area contributed by atoms with Crippen LogP contribution in [-0.2, 0) is 16.0 Å². The molecule has 0 unspecified atom stereocenters. The van der Waals surface area contributed by atoms with E-state index in [9.17, 15) is 9.59 Å². The van der Waals surface area contributed by atoms with Gasteiger partial charge in [-0.1, -0.05) is 47.5 Å². The molecule has 1 aromatic heterocycles. The fraction of sp³-hybridized carbons (Fsp3) is 0.250. The van der Waals surface area contributed by atoms with Crippen molar-refractivity contribution in [3.05, 3.63) is 98.2 Å². The van der Waals surface area contributed by atoms with Gasteiger partial charge in [-0.15, -0.1) is 11.3 Å². The van der Waals surface area contributed by atoms with Crippen LogP contribution in [0.5, 0.6) is 5.75 Å². The first-order chi connectivity index (χ1) is 19.2. The summed E-state index contributed by atoms with van der Waals surface area (Å²) in [6.07, 6.45) is -0.719. The monoisotopic (exact) mass is 575 g/mol. The minimum Gasteiger partial charge on any atom is -0.496 e. The van der Waals surface area contributed by atoms with Crippen molar-refractivity contribution in [1.29, 1.82) is 0 Å². The van der Waals surface area contributed by atoms with E-state index < -0.39 is 0 Å². The van der Waals surface area contributed by atoms with E-state index in [1.54, 1.807) is 18.1 Å². The van der Waals surface area contributed by atoms with Gasteiger partial charge in [0.05, 0.1) is 36.7 Å². The molecule has 6 nitrogen and oxygen atoms in total. The van der Waals surface area contributed by atoms with Crippen molar-refractivity contribution < 1.29 is 23.8 Å². The summed E-state index contributed by atoms with van der Waals surface area (Å²) in [6.45, 7) is 6.39. The third-order valence-corrected chi connectivity index (χ3v) is 8.61. The Hall–Kier alpha value is -3.81. The maximum atomic E-state index is 13.0. The van der Waals surface area contributed by atoms with Crippen LogP contribution in [0, 0.1) is 13.8 Å². The molecule has 0 radical (unpaired) electrons. The Kier molecular flexibility index (Phi) is 7.88. The molecule has 206 valence electrons. The van der Waals surface area contributed by atoms with E-state index in [0.717, 1.165) is 49.6 Å². The van der Waals surface area contributed by atoms with Gasteiger partial charge in [0, 0.05) is 10.4 Å². The molecule has 8 heteroatoms. The van der Waals surface area contributed by atoms with Gasteiger partial charge in [0.2, 0.25) is 0 Å². The molecule has 3 aromatic carbocycles. The van der Waals surface area contributed by atoms with Gasteiger partial charge in [0.1, 0.15) is 5.75 Å². The number of halogens is 1. The number of benzene rings is 3. The summed E-state index contributed by atoms with van der Waals surface area (Å²) in [5, 5.41) is 0. The number of cyclic esters (lactones) is 1. The van der Waals surface area contributed by atoms with Gasteiger partial charge < -0.3 is 14.2 Å². The molecule has 1 saturated heterocycles. The Balaban J connectivity index is 1.53. The van der Waals surface area contributed by atoms with Gasteiger partial charge in [0.15, 0.2) is 6.10 Å². The number of rotatable bonds is 7. The van der Waals surface area contributed by atoms with Gasteiger partial charge >= 0.3 is 12.1 Å². The lowest BCUT2D eigenvalue weighted by Gasteiger charge is -2.23. The lowest BCUT2D eigenvalue weighted by molar-refractivity contribution is 0.0600. The van der Waals surface area contributed by atoms with Crippen molar-refractivity contribution >= 4 is 35.0 Å². The van der Waals surface area contributed by atoms with Gasteiger partial charge in [-0.05, 0) is 85.0 Å². The standard InChI is InChI=1S/C32H30ClNO5S/c1-18-6-9-25(23(14-18)17-34-20(3)30(39-32(34)36)28-12-13-29(33)40-28)26-16-21(8-11-27(26)37-4)24-10-7-22(15-19(24)2)31(35)38-5/h6-16,20,30H,17H2,1-5H3/t20-,30-/m0/s1. The smallest absolute Gasteiger partial charge is 0.411 e. The number of methoxy groups -OCH3 is 2. The first-order valence-electron chi connectivity index (χ1n) is 12.9. The second-order valence-electron chi connectivity index (χ2n) is 9.91. The van der Waals surface area contributed by atoms with Crippen LogP contribution < -0.4 is 4.74 Å². The molecule has 0 spiro atoms. The van der Waals surface area contributed by atoms with Crippen molar-refractivity contribution in [2.45, 2.75) is 39.5 Å². The molecule has 2 heterocycles. The second kappa shape index (κ2) is 11.4. The van der Waals surface area contributed by atoms with Crippen molar-refractivity contribution in [1.82, 2.24) is 4.90 Å². The minimum absolute atomic E-state index is 0.167. The Morgan fingerprint density at radius 3 is 2.42 bits per heavy atom. The Morgan fingerprint density at radius 2 is 1.75 bits per heavy atom. The normalized spacial score (nSPS) is 16.6. The summed E-state index contributed by atoms with van der Waals surface area (Å²) in [4.78, 5) is 27.7. The van der Waals surface area contributed by atoms with Crippen LogP contribution in [0.2, 0.25) is 4.34 Å². The fourth-order valence-electron chi connectivity index (χ4n) is 5.21. The number of amides is 1. The van der Waals surface area contributed by atoms with E-state index in [2.05, 4.69) is 24.3 Å². The van der Waals surface area contributed by atoms with E-state index in [4.69, 9.17) is 25.8 Å². The summed E-state index contributed by atoms with van der Waals surface area (Å²) in [7, 11) is 3.03. The number of hydrogen-bond acceptors (Lipinski definition) is 6. The fourth-order valence-corrected chi connectivity index (χ4v) is 6.40. The first-order valence-corrected chi connectivity index (χ1v) is 14.1. The average molecular weight is 576 g/mol. The van der Waals surface area contributed by atoms with Crippen LogP contribution in [0.4, 0.5) is 4.79 Å². The number of thiophene rings is 1. The molecule has 40 heavy (non-hydrogen) atoms. The molecular formula is C32H30ClNO5S. The zero-order valence-electron chi connectivity index (χ0n) is 23.0. The van der Waals surface area contributed by atoms with Crippen molar-refractivity contribution in [2.75, 3.05) is 14.2 Å². The van der Waals surface area contributed by atoms with E-state index >= 15 is 0 Å². The lowest BCUT2D eigenvalue weighted by atomic mass is 9.92. The molecule has 2 atom stereocenters. The zero-order valence-corrected chi connectivity index (χ0v) is 24.6. The second-order valence-corrected chi connectivity index (χ2v) is 11.7. The predicted molar refractivity (Wildman–Crippen MR) is 158 cm³/mol. The first kappa shape index (κ1) is 27.7. The van der Waals surface area contributed by atoms with Crippen molar-refractivity contribution in [2.24, 2.45) is 0 Å². The molecule has 1 amide bonds. The average Bonchev–Trinajstić information content (AvgIpc) is 3.50. The van der Waals surface area contributed by atoms with E-state index in [-0.39, 0.29) is 24.2 Å². The van der Waals surface area contributed by atoms with Crippen LogP contribution in [-0.4, -0.2) is 37.2 Å². The largest absolute Gasteiger partial charge is 0.496 e. The van der Waals surface area contributed by atoms with Crippen LogP contribution >= 0.6 is 22.9 Å². The molecule has 0 bridgehead atoms. The van der Waals surface area contributed by atoms with Crippen molar-refractivity contribution in [3.63, 3.8) is 0 Å². The van der Waals surface area contributed by atoms with E-state index in [1.165, 1.54) is 18.4 Å². The molecule has 1 aliphatic rings. The number of carbonyl (C=O) groups excluding carboxylic acids is 2. The Bertz CT molecular complexity index is 1600. The minimum atomic E-state index is -0.368.